The summed E-state index contributed by atoms with van der Waals surface area (Å²) in [4.78, 5) is 10.4. The van der Waals surface area contributed by atoms with E-state index in [-0.39, 0.29) is 0 Å². The molecule has 0 aliphatic heterocycles. The lowest BCUT2D eigenvalue weighted by atomic mass is 10.5. The minimum Gasteiger partial charge on any atom is -0.465 e. The molecule has 0 aromatic heterocycles. The summed E-state index contributed by atoms with van der Waals surface area (Å²) in [5.74, 6) is -0.405. The number of rotatable bonds is 4. The minimum atomic E-state index is -0.405. The number of methoxy groups -OCH3 is 1. The number of hydrogen-bond donors (Lipinski definition) is 0. The molecule has 11 heavy (non-hydrogen) atoms. The van der Waals surface area contributed by atoms with Gasteiger partial charge in [-0.2, -0.15) is 0 Å². The van der Waals surface area contributed by atoms with Gasteiger partial charge in [0.05, 0.1) is 19.8 Å². The third kappa shape index (κ3) is 6.84. The molecule has 0 aromatic rings. The molecule has 0 amide bonds. The van der Waals surface area contributed by atoms with Gasteiger partial charge >= 0.3 is 5.97 Å². The lowest BCUT2D eigenvalue weighted by Crippen LogP contribution is -1.92. The van der Waals surface area contributed by atoms with E-state index < -0.39 is 5.97 Å². The van der Waals surface area contributed by atoms with Gasteiger partial charge in [-0.15, -0.1) is 5.73 Å². The summed E-state index contributed by atoms with van der Waals surface area (Å²) in [6.45, 7) is 3.04. The third-order valence-electron chi connectivity index (χ3n) is 0.926. The summed E-state index contributed by atoms with van der Waals surface area (Å²) in [6, 6.07) is 0. The molecule has 0 spiro atoms. The van der Waals surface area contributed by atoms with E-state index in [4.69, 9.17) is 4.74 Å². The molecule has 62 valence electrons. The van der Waals surface area contributed by atoms with E-state index in [0.717, 1.165) is 0 Å². The van der Waals surface area contributed by atoms with Gasteiger partial charge in [0.25, 0.3) is 0 Å². The van der Waals surface area contributed by atoms with Crippen molar-refractivity contribution in [2.75, 3.05) is 20.3 Å². The van der Waals surface area contributed by atoms with Gasteiger partial charge in [-0.3, -0.25) is 0 Å². The molecular weight excluding hydrogens is 144 g/mol. The zero-order valence-electron chi connectivity index (χ0n) is 6.79. The first kappa shape index (κ1) is 9.95. The second-order valence-electron chi connectivity index (χ2n) is 1.70. The summed E-state index contributed by atoms with van der Waals surface area (Å²) in [5.41, 5.74) is 2.62. The number of hydrogen-bond acceptors (Lipinski definition) is 3. The van der Waals surface area contributed by atoms with Gasteiger partial charge in [-0.05, 0) is 13.0 Å². The highest BCUT2D eigenvalue weighted by Crippen LogP contribution is 1.76. The summed E-state index contributed by atoms with van der Waals surface area (Å²) in [6.07, 6.45) is 2.85. The topological polar surface area (TPSA) is 35.5 Å². The van der Waals surface area contributed by atoms with Crippen LogP contribution in [0.3, 0.4) is 0 Å². The van der Waals surface area contributed by atoms with Crippen LogP contribution in [0.5, 0.6) is 0 Å². The van der Waals surface area contributed by atoms with Crippen LogP contribution < -0.4 is 0 Å². The van der Waals surface area contributed by atoms with Crippen LogP contribution in [-0.2, 0) is 14.3 Å². The maximum Gasteiger partial charge on any atom is 0.338 e. The van der Waals surface area contributed by atoms with Gasteiger partial charge in [0.2, 0.25) is 0 Å². The molecule has 0 saturated carbocycles. The molecule has 0 aliphatic rings. The lowest BCUT2D eigenvalue weighted by Gasteiger charge is -1.89. The number of esters is 1. The standard InChI is InChI=1S/C8H12O3/c1-3-11-7-5-4-6-8(9)10-2/h5-6H,3,7H2,1-2H3. The second kappa shape index (κ2) is 7.06. The van der Waals surface area contributed by atoms with Gasteiger partial charge in [-0.25, -0.2) is 4.79 Å². The summed E-state index contributed by atoms with van der Waals surface area (Å²) in [5, 5.41) is 0. The van der Waals surface area contributed by atoms with E-state index in [9.17, 15) is 4.79 Å². The van der Waals surface area contributed by atoms with E-state index in [1.807, 2.05) is 6.92 Å². The van der Waals surface area contributed by atoms with E-state index >= 15 is 0 Å². The molecule has 0 unspecified atom stereocenters. The Morgan fingerprint density at radius 1 is 1.64 bits per heavy atom. The van der Waals surface area contributed by atoms with Crippen LogP contribution in [0.4, 0.5) is 0 Å². The molecule has 0 fully saturated rings. The van der Waals surface area contributed by atoms with Crippen LogP contribution in [0, 0.1) is 0 Å². The van der Waals surface area contributed by atoms with Gasteiger partial charge in [0.15, 0.2) is 0 Å². The van der Waals surface area contributed by atoms with Crippen molar-refractivity contribution < 1.29 is 14.3 Å². The second-order valence-corrected chi connectivity index (χ2v) is 1.70. The zero-order chi connectivity index (χ0) is 8.53. The van der Waals surface area contributed by atoms with E-state index in [2.05, 4.69) is 10.5 Å². The average molecular weight is 156 g/mol. The highest BCUT2D eigenvalue weighted by molar-refractivity contribution is 5.81. The zero-order valence-corrected chi connectivity index (χ0v) is 6.79. The maximum atomic E-state index is 10.4. The highest BCUT2D eigenvalue weighted by Gasteiger charge is 1.85. The fourth-order valence-electron chi connectivity index (χ4n) is 0.411. The lowest BCUT2D eigenvalue weighted by molar-refractivity contribution is -0.134. The Morgan fingerprint density at radius 2 is 2.36 bits per heavy atom. The number of ether oxygens (including phenoxy) is 2. The Morgan fingerprint density at radius 3 is 2.91 bits per heavy atom. The van der Waals surface area contributed by atoms with Crippen molar-refractivity contribution in [3.05, 3.63) is 17.9 Å². The van der Waals surface area contributed by atoms with Crippen LogP contribution >= 0.6 is 0 Å². The molecule has 0 atom stereocenters. The van der Waals surface area contributed by atoms with Crippen molar-refractivity contribution in [1.29, 1.82) is 0 Å². The Balaban J connectivity index is 3.54. The first-order valence-electron chi connectivity index (χ1n) is 3.38. The monoisotopic (exact) mass is 156 g/mol. The van der Waals surface area contributed by atoms with Crippen LogP contribution in [0.25, 0.3) is 0 Å². The van der Waals surface area contributed by atoms with E-state index in [1.54, 1.807) is 6.08 Å². The van der Waals surface area contributed by atoms with Crippen molar-refractivity contribution in [3.8, 4) is 0 Å². The minimum absolute atomic E-state index is 0.405. The molecular formula is C8H12O3. The Kier molecular flexibility index (Phi) is 6.39. The van der Waals surface area contributed by atoms with Crippen molar-refractivity contribution in [2.45, 2.75) is 6.92 Å². The molecule has 0 bridgehead atoms. The smallest absolute Gasteiger partial charge is 0.338 e. The first-order valence-corrected chi connectivity index (χ1v) is 3.38. The Bertz CT molecular complexity index is 166. The predicted molar refractivity (Wildman–Crippen MR) is 41.2 cm³/mol. The average Bonchev–Trinajstić information content (AvgIpc) is 2.04. The first-order chi connectivity index (χ1) is 5.31. The molecule has 0 N–H and O–H groups in total. The Labute approximate surface area is 66.3 Å². The number of carbonyl (C=O) groups is 1. The van der Waals surface area contributed by atoms with Crippen molar-refractivity contribution in [3.63, 3.8) is 0 Å². The maximum absolute atomic E-state index is 10.4. The van der Waals surface area contributed by atoms with Gasteiger partial charge in [-0.1, -0.05) is 0 Å². The Hall–Kier alpha value is -1.05. The molecule has 0 radical (unpaired) electrons. The van der Waals surface area contributed by atoms with Crippen molar-refractivity contribution in [2.24, 2.45) is 0 Å². The summed E-state index contributed by atoms with van der Waals surface area (Å²) in [7, 11) is 1.32. The normalized spacial score (nSPS) is 8.18. The number of carbonyl (C=O) groups excluding carboxylic acids is 1. The van der Waals surface area contributed by atoms with Crippen LogP contribution in [0.15, 0.2) is 17.9 Å². The van der Waals surface area contributed by atoms with Gasteiger partial charge in [0, 0.05) is 6.61 Å². The van der Waals surface area contributed by atoms with Gasteiger partial charge in [0.1, 0.15) is 0 Å². The van der Waals surface area contributed by atoms with Crippen LogP contribution in [0.2, 0.25) is 0 Å². The molecule has 0 aliphatic carbocycles. The molecule has 0 aromatic carbocycles. The third-order valence-corrected chi connectivity index (χ3v) is 0.926. The summed E-state index contributed by atoms with van der Waals surface area (Å²) >= 11 is 0. The fraction of sp³-hybridized carbons (Fsp3) is 0.500. The van der Waals surface area contributed by atoms with Crippen LogP contribution in [-0.4, -0.2) is 26.3 Å². The molecule has 0 heterocycles. The SMILES string of the molecule is CCOCC=C=CC(=O)OC. The molecule has 0 saturated heterocycles. The highest BCUT2D eigenvalue weighted by atomic mass is 16.5. The van der Waals surface area contributed by atoms with E-state index in [0.29, 0.717) is 13.2 Å². The molecule has 0 rings (SSSR count). The van der Waals surface area contributed by atoms with Crippen LogP contribution in [0.1, 0.15) is 6.92 Å². The largest absolute Gasteiger partial charge is 0.465 e. The fourth-order valence-corrected chi connectivity index (χ4v) is 0.411. The van der Waals surface area contributed by atoms with Crippen molar-refractivity contribution >= 4 is 5.97 Å². The quantitative estimate of drug-likeness (QED) is 0.262. The van der Waals surface area contributed by atoms with Crippen molar-refractivity contribution in [1.82, 2.24) is 0 Å². The predicted octanol–water partition coefficient (Wildman–Crippen LogP) is 0.907. The van der Waals surface area contributed by atoms with E-state index in [1.165, 1.54) is 13.2 Å². The molecule has 3 heteroatoms. The summed E-state index contributed by atoms with van der Waals surface area (Å²) < 4.78 is 9.30. The molecule has 3 nitrogen and oxygen atoms in total. The van der Waals surface area contributed by atoms with Gasteiger partial charge < -0.3 is 9.47 Å².